The van der Waals surface area contributed by atoms with Crippen molar-refractivity contribution in [2.45, 2.75) is 70.7 Å². The third kappa shape index (κ3) is 6.14. The maximum Gasteiger partial charge on any atom is 0.469 e. The van der Waals surface area contributed by atoms with Crippen LogP contribution in [0.3, 0.4) is 0 Å². The normalized spacial score (nSPS) is 33.4. The molecule has 1 aromatic rings. The summed E-state index contributed by atoms with van der Waals surface area (Å²) in [5, 5.41) is 20.5. The van der Waals surface area contributed by atoms with Crippen molar-refractivity contribution in [1.29, 1.82) is 0 Å². The fourth-order valence-electron chi connectivity index (χ4n) is 4.51. The first-order valence-corrected chi connectivity index (χ1v) is 12.4. The minimum absolute atomic E-state index is 0.163. The topological polar surface area (TPSA) is 147 Å². The highest BCUT2D eigenvalue weighted by atomic mass is 31.2. The summed E-state index contributed by atoms with van der Waals surface area (Å²) in [7, 11) is -4.75. The van der Waals surface area contributed by atoms with Gasteiger partial charge in [-0.15, -0.1) is 0 Å². The van der Waals surface area contributed by atoms with Crippen LogP contribution in [0, 0.1) is 17.8 Å². The van der Waals surface area contributed by atoms with Gasteiger partial charge in [-0.2, -0.15) is 4.57 Å². The standard InChI is InChI=1S/C21H32NO9P/c1-12(2)15-7-6-13(3)9-16(15)31-21(25)14-5-4-8-22(10-14)20-19(24)18(23)17(30-20)11-29-32(26,27)28/h4-5,8,10,12-13,15-20,23-24H,6-7,9,11H2,1-3H3,(H-,26,27,28)/p+1/t13-,15+,16-,17-,18-,19-,20-/m1/s1. The zero-order chi connectivity index (χ0) is 23.6. The van der Waals surface area contributed by atoms with Crippen LogP contribution in [0.5, 0.6) is 0 Å². The molecule has 1 saturated heterocycles. The van der Waals surface area contributed by atoms with Crippen molar-refractivity contribution in [3.63, 3.8) is 0 Å². The molecule has 4 N–H and O–H groups in total. The Labute approximate surface area is 187 Å². The molecule has 180 valence electrons. The Morgan fingerprint density at radius 2 is 2.00 bits per heavy atom. The van der Waals surface area contributed by atoms with E-state index in [2.05, 4.69) is 25.3 Å². The summed E-state index contributed by atoms with van der Waals surface area (Å²) in [5.41, 5.74) is 0.272. The fourth-order valence-corrected chi connectivity index (χ4v) is 4.85. The van der Waals surface area contributed by atoms with Crippen LogP contribution in [0.25, 0.3) is 0 Å². The van der Waals surface area contributed by atoms with E-state index in [0.717, 1.165) is 19.3 Å². The van der Waals surface area contributed by atoms with E-state index in [1.165, 1.54) is 10.8 Å². The summed E-state index contributed by atoms with van der Waals surface area (Å²) in [4.78, 5) is 30.6. The first kappa shape index (κ1) is 25.2. The molecule has 1 aliphatic carbocycles. The number of hydrogen-bond acceptors (Lipinski definition) is 7. The lowest BCUT2D eigenvalue weighted by atomic mass is 9.75. The molecule has 0 unspecified atom stereocenters. The largest absolute Gasteiger partial charge is 0.469 e. The third-order valence-electron chi connectivity index (χ3n) is 6.32. The lowest BCUT2D eigenvalue weighted by Gasteiger charge is -2.36. The van der Waals surface area contributed by atoms with E-state index in [-0.39, 0.29) is 11.7 Å². The molecule has 0 amide bonds. The van der Waals surface area contributed by atoms with Crippen LogP contribution in [-0.2, 0) is 18.6 Å². The van der Waals surface area contributed by atoms with Crippen molar-refractivity contribution in [1.82, 2.24) is 0 Å². The quantitative estimate of drug-likeness (QED) is 0.261. The number of nitrogens with zero attached hydrogens (tertiary/aromatic N) is 1. The summed E-state index contributed by atoms with van der Waals surface area (Å²) in [6, 6.07) is 3.20. The van der Waals surface area contributed by atoms with Gasteiger partial charge in [0.25, 0.3) is 6.23 Å². The average Bonchev–Trinajstić information content (AvgIpc) is 3.00. The zero-order valence-corrected chi connectivity index (χ0v) is 19.4. The second-order valence-corrected chi connectivity index (χ2v) is 10.4. The van der Waals surface area contributed by atoms with Gasteiger partial charge in [-0.25, -0.2) is 9.36 Å². The lowest BCUT2D eigenvalue weighted by molar-refractivity contribution is -0.765. The minimum atomic E-state index is -4.75. The summed E-state index contributed by atoms with van der Waals surface area (Å²) in [6.45, 7) is 5.83. The molecule has 7 atom stereocenters. The maximum absolute atomic E-state index is 12.9. The molecule has 1 saturated carbocycles. The number of pyridine rings is 1. The Hall–Kier alpha value is -1.39. The number of esters is 1. The molecule has 10 nitrogen and oxygen atoms in total. The van der Waals surface area contributed by atoms with Gasteiger partial charge in [-0.05, 0) is 36.7 Å². The summed E-state index contributed by atoms with van der Waals surface area (Å²) in [6.07, 6.45) is 0.782. The fraction of sp³-hybridized carbons (Fsp3) is 0.714. The number of rotatable bonds is 7. The SMILES string of the molecule is CC(C)[C@@H]1CC[C@@H](C)C[C@H]1OC(=O)c1ccc[n+]([C@@H]2O[C@H](COP(=O)(O)O)[C@@H](O)[C@H]2O)c1. The van der Waals surface area contributed by atoms with E-state index < -0.39 is 44.9 Å². The van der Waals surface area contributed by atoms with Gasteiger partial charge in [0.1, 0.15) is 23.9 Å². The van der Waals surface area contributed by atoms with Crippen LogP contribution in [0.2, 0.25) is 0 Å². The molecule has 2 heterocycles. The molecule has 32 heavy (non-hydrogen) atoms. The van der Waals surface area contributed by atoms with E-state index >= 15 is 0 Å². The van der Waals surface area contributed by atoms with Crippen molar-refractivity contribution < 1.29 is 47.9 Å². The number of aliphatic hydroxyl groups is 2. The number of aliphatic hydroxyl groups excluding tert-OH is 2. The van der Waals surface area contributed by atoms with Gasteiger partial charge in [0.2, 0.25) is 0 Å². The minimum Gasteiger partial charge on any atom is -0.458 e. The molecule has 11 heteroatoms. The van der Waals surface area contributed by atoms with Gasteiger partial charge in [-0.1, -0.05) is 27.2 Å². The van der Waals surface area contributed by atoms with E-state index in [1.54, 1.807) is 18.3 Å². The van der Waals surface area contributed by atoms with Gasteiger partial charge in [0, 0.05) is 6.07 Å². The molecule has 3 rings (SSSR count). The smallest absolute Gasteiger partial charge is 0.458 e. The second kappa shape index (κ2) is 10.3. The predicted octanol–water partition coefficient (Wildman–Crippen LogP) is 1.32. The third-order valence-corrected chi connectivity index (χ3v) is 6.80. The van der Waals surface area contributed by atoms with Crippen LogP contribution in [0.4, 0.5) is 0 Å². The van der Waals surface area contributed by atoms with Crippen molar-refractivity contribution >= 4 is 13.8 Å². The first-order valence-electron chi connectivity index (χ1n) is 10.9. The van der Waals surface area contributed by atoms with E-state index in [1.807, 2.05) is 0 Å². The highest BCUT2D eigenvalue weighted by Gasteiger charge is 2.49. The molecular weight excluding hydrogens is 441 g/mol. The summed E-state index contributed by atoms with van der Waals surface area (Å²) in [5.74, 6) is 0.714. The van der Waals surface area contributed by atoms with Gasteiger partial charge in [-0.3, -0.25) is 4.52 Å². The van der Waals surface area contributed by atoms with Gasteiger partial charge >= 0.3 is 13.8 Å². The molecule has 1 aliphatic heterocycles. The number of phosphoric acid groups is 1. The Morgan fingerprint density at radius 1 is 1.28 bits per heavy atom. The Morgan fingerprint density at radius 3 is 2.66 bits per heavy atom. The summed E-state index contributed by atoms with van der Waals surface area (Å²) < 4.78 is 28.2. The molecule has 0 aromatic carbocycles. The van der Waals surface area contributed by atoms with Crippen LogP contribution < -0.4 is 4.57 Å². The number of ether oxygens (including phenoxy) is 2. The van der Waals surface area contributed by atoms with Crippen molar-refractivity contribution in [3.8, 4) is 0 Å². The van der Waals surface area contributed by atoms with Gasteiger partial charge in [0.05, 0.1) is 6.61 Å². The molecule has 0 bridgehead atoms. The molecule has 1 aromatic heterocycles. The Kier molecular flexibility index (Phi) is 8.09. The number of phosphoric ester groups is 1. The van der Waals surface area contributed by atoms with Gasteiger partial charge in [0.15, 0.2) is 18.5 Å². The highest BCUT2D eigenvalue weighted by molar-refractivity contribution is 7.46. The molecule has 0 spiro atoms. The highest BCUT2D eigenvalue weighted by Crippen LogP contribution is 2.38. The van der Waals surface area contributed by atoms with Crippen LogP contribution >= 0.6 is 7.82 Å². The van der Waals surface area contributed by atoms with Gasteiger partial charge < -0.3 is 29.5 Å². The monoisotopic (exact) mass is 474 g/mol. The molecule has 2 fully saturated rings. The van der Waals surface area contributed by atoms with Crippen molar-refractivity contribution in [3.05, 3.63) is 30.1 Å². The molecule has 2 aliphatic rings. The zero-order valence-electron chi connectivity index (χ0n) is 18.5. The van der Waals surface area contributed by atoms with Crippen LogP contribution in [-0.4, -0.2) is 57.0 Å². The second-order valence-electron chi connectivity index (χ2n) is 9.14. The predicted molar refractivity (Wildman–Crippen MR) is 111 cm³/mol. The van der Waals surface area contributed by atoms with E-state index in [4.69, 9.17) is 19.3 Å². The van der Waals surface area contributed by atoms with Crippen molar-refractivity contribution in [2.75, 3.05) is 6.61 Å². The Balaban J connectivity index is 1.70. The van der Waals surface area contributed by atoms with E-state index in [9.17, 15) is 19.6 Å². The molecular formula is C21H33NO9P+. The number of aromatic nitrogens is 1. The van der Waals surface area contributed by atoms with Crippen LogP contribution in [0.15, 0.2) is 24.5 Å². The average molecular weight is 474 g/mol. The first-order chi connectivity index (χ1) is 15.0. The number of hydrogen-bond donors (Lipinski definition) is 4. The maximum atomic E-state index is 12.9. The molecule has 0 radical (unpaired) electrons. The van der Waals surface area contributed by atoms with E-state index in [0.29, 0.717) is 17.8 Å². The number of carbonyl (C=O) groups excluding carboxylic acids is 1. The Bertz CT molecular complexity index is 844. The van der Waals surface area contributed by atoms with Crippen LogP contribution in [0.1, 0.15) is 56.6 Å². The summed E-state index contributed by atoms with van der Waals surface area (Å²) >= 11 is 0. The van der Waals surface area contributed by atoms with Crippen molar-refractivity contribution in [2.24, 2.45) is 17.8 Å². The number of carbonyl (C=O) groups is 1. The lowest BCUT2D eigenvalue weighted by Crippen LogP contribution is -2.46.